The first-order valence-electron chi connectivity index (χ1n) is 4.78. The number of alkyl halides is 3. The molecule has 0 aliphatic heterocycles. The maximum atomic E-state index is 12.2. The fraction of sp³-hybridized carbons (Fsp3) is 0.250. The summed E-state index contributed by atoms with van der Waals surface area (Å²) in [7, 11) is 1.42. The first-order valence-corrected chi connectivity index (χ1v) is 4.78. The van der Waals surface area contributed by atoms with Crippen molar-refractivity contribution in [3.63, 3.8) is 0 Å². The Morgan fingerprint density at radius 3 is 2.53 bits per heavy atom. The van der Waals surface area contributed by atoms with E-state index in [1.807, 2.05) is 0 Å². The van der Waals surface area contributed by atoms with Crippen LogP contribution in [0.25, 0.3) is 0 Å². The minimum atomic E-state index is -4.48. The van der Waals surface area contributed by atoms with E-state index in [1.165, 1.54) is 19.2 Å². The molecule has 0 heterocycles. The van der Waals surface area contributed by atoms with Crippen molar-refractivity contribution in [1.29, 1.82) is 0 Å². The van der Waals surface area contributed by atoms with Crippen LogP contribution in [-0.4, -0.2) is 19.1 Å². The molecular weight excluding hydrogens is 233 g/mol. The van der Waals surface area contributed by atoms with Gasteiger partial charge in [0.25, 0.3) is 0 Å². The van der Waals surface area contributed by atoms with Gasteiger partial charge < -0.3 is 4.74 Å². The summed E-state index contributed by atoms with van der Waals surface area (Å²) in [5.74, 6) is -0.271. The molecule has 0 aromatic heterocycles. The maximum absolute atomic E-state index is 12.2. The number of carbonyl (C=O) groups excluding carboxylic acids is 1. The molecule has 0 spiro atoms. The van der Waals surface area contributed by atoms with E-state index in [1.54, 1.807) is 12.1 Å². The summed E-state index contributed by atoms with van der Waals surface area (Å²) in [6, 6.07) is 5.98. The third kappa shape index (κ3) is 3.62. The highest BCUT2D eigenvalue weighted by Crippen LogP contribution is 2.25. The van der Waals surface area contributed by atoms with Gasteiger partial charge in [-0.15, -0.1) is 0 Å². The lowest BCUT2D eigenvalue weighted by Gasteiger charge is -2.06. The Morgan fingerprint density at radius 2 is 2.00 bits per heavy atom. The number of benzene rings is 1. The number of carbonyl (C=O) groups is 1. The number of hydrogen-bond donors (Lipinski definition) is 0. The highest BCUT2D eigenvalue weighted by Gasteiger charge is 2.30. The van der Waals surface area contributed by atoms with Gasteiger partial charge in [-0.1, -0.05) is 12.1 Å². The second-order valence-corrected chi connectivity index (χ2v) is 3.42. The van der Waals surface area contributed by atoms with E-state index in [9.17, 15) is 18.0 Å². The second-order valence-electron chi connectivity index (χ2n) is 3.42. The Labute approximate surface area is 96.7 Å². The quantitative estimate of drug-likeness (QED) is 0.601. The third-order valence-electron chi connectivity index (χ3n) is 2.15. The van der Waals surface area contributed by atoms with Gasteiger partial charge >= 0.3 is 6.18 Å². The average molecular weight is 244 g/mol. The molecule has 0 saturated heterocycles. The molecule has 2 nitrogen and oxygen atoms in total. The van der Waals surface area contributed by atoms with Gasteiger partial charge in [0.2, 0.25) is 0 Å². The van der Waals surface area contributed by atoms with Crippen molar-refractivity contribution in [3.8, 4) is 5.75 Å². The van der Waals surface area contributed by atoms with Crippen LogP contribution in [0.3, 0.4) is 0 Å². The van der Waals surface area contributed by atoms with Crippen molar-refractivity contribution < 1.29 is 22.7 Å². The van der Waals surface area contributed by atoms with E-state index in [0.717, 1.165) is 6.92 Å². The highest BCUT2D eigenvalue weighted by molar-refractivity contribution is 6.05. The fourth-order valence-electron chi connectivity index (χ4n) is 1.14. The smallest absolute Gasteiger partial charge is 0.412 e. The van der Waals surface area contributed by atoms with E-state index in [-0.39, 0.29) is 5.56 Å². The van der Waals surface area contributed by atoms with Crippen LogP contribution in [0.15, 0.2) is 35.9 Å². The molecule has 1 aromatic carbocycles. The van der Waals surface area contributed by atoms with E-state index in [2.05, 4.69) is 0 Å². The first-order chi connectivity index (χ1) is 7.84. The van der Waals surface area contributed by atoms with Gasteiger partial charge in [-0.25, -0.2) is 0 Å². The molecule has 0 atom stereocenters. The van der Waals surface area contributed by atoms with Gasteiger partial charge in [-0.2, -0.15) is 13.2 Å². The number of rotatable bonds is 3. The van der Waals surface area contributed by atoms with E-state index in [4.69, 9.17) is 4.74 Å². The predicted octanol–water partition coefficient (Wildman–Crippen LogP) is 3.39. The molecule has 0 saturated carbocycles. The van der Waals surface area contributed by atoms with Crippen molar-refractivity contribution in [2.24, 2.45) is 0 Å². The van der Waals surface area contributed by atoms with Crippen LogP contribution in [0.5, 0.6) is 5.75 Å². The van der Waals surface area contributed by atoms with Gasteiger partial charge in [0, 0.05) is 11.1 Å². The Balaban J connectivity index is 2.98. The molecule has 92 valence electrons. The highest BCUT2D eigenvalue weighted by atomic mass is 19.4. The summed E-state index contributed by atoms with van der Waals surface area (Å²) in [5, 5.41) is 0. The molecule has 0 aliphatic carbocycles. The van der Waals surface area contributed by atoms with Gasteiger partial charge in [0.15, 0.2) is 5.78 Å². The summed E-state index contributed by atoms with van der Waals surface area (Å²) < 4.78 is 41.6. The normalized spacial score (nSPS) is 12.4. The Kier molecular flexibility index (Phi) is 3.93. The van der Waals surface area contributed by atoms with E-state index in [0.29, 0.717) is 11.8 Å². The summed E-state index contributed by atoms with van der Waals surface area (Å²) in [5.41, 5.74) is -0.765. The minimum absolute atomic E-state index is 0.160. The van der Waals surface area contributed by atoms with Gasteiger partial charge in [-0.3, -0.25) is 4.79 Å². The van der Waals surface area contributed by atoms with Crippen LogP contribution >= 0.6 is 0 Å². The number of ketones is 1. The van der Waals surface area contributed by atoms with Crippen molar-refractivity contribution in [3.05, 3.63) is 41.5 Å². The van der Waals surface area contributed by atoms with E-state index < -0.39 is 17.5 Å². The van der Waals surface area contributed by atoms with Crippen LogP contribution in [0, 0.1) is 0 Å². The van der Waals surface area contributed by atoms with Gasteiger partial charge in [-0.05, 0) is 25.1 Å². The SMILES string of the molecule is COc1cccc(C(=O)/C=C(\C)C(F)(F)F)c1. The Hall–Kier alpha value is -1.78. The van der Waals surface area contributed by atoms with Crippen molar-refractivity contribution >= 4 is 5.78 Å². The number of allylic oxidation sites excluding steroid dienone is 2. The fourth-order valence-corrected chi connectivity index (χ4v) is 1.14. The molecule has 17 heavy (non-hydrogen) atoms. The zero-order valence-electron chi connectivity index (χ0n) is 9.34. The molecule has 0 radical (unpaired) electrons. The zero-order valence-corrected chi connectivity index (χ0v) is 9.34. The van der Waals surface area contributed by atoms with Crippen molar-refractivity contribution in [2.45, 2.75) is 13.1 Å². The molecule has 0 aliphatic rings. The lowest BCUT2D eigenvalue weighted by atomic mass is 10.1. The zero-order chi connectivity index (χ0) is 13.1. The number of hydrogen-bond acceptors (Lipinski definition) is 2. The van der Waals surface area contributed by atoms with Crippen LogP contribution in [0.2, 0.25) is 0 Å². The van der Waals surface area contributed by atoms with Crippen molar-refractivity contribution in [2.75, 3.05) is 7.11 Å². The molecular formula is C12H11F3O2. The molecule has 1 aromatic rings. The largest absolute Gasteiger partial charge is 0.497 e. The van der Waals surface area contributed by atoms with Crippen LogP contribution in [0.1, 0.15) is 17.3 Å². The molecule has 0 unspecified atom stereocenters. The number of halogens is 3. The topological polar surface area (TPSA) is 26.3 Å². The number of ether oxygens (including phenoxy) is 1. The minimum Gasteiger partial charge on any atom is -0.497 e. The third-order valence-corrected chi connectivity index (χ3v) is 2.15. The Bertz CT molecular complexity index is 447. The molecule has 1 rings (SSSR count). The lowest BCUT2D eigenvalue weighted by molar-refractivity contribution is -0.0913. The standard InChI is InChI=1S/C12H11F3O2/c1-8(12(13,14)15)6-11(16)9-4-3-5-10(7-9)17-2/h3-7H,1-2H3/b8-6+. The Morgan fingerprint density at radius 1 is 1.35 bits per heavy atom. The summed E-state index contributed by atoms with van der Waals surface area (Å²) in [6.45, 7) is 0.859. The summed E-state index contributed by atoms with van der Waals surface area (Å²) in [6.07, 6.45) is -3.90. The van der Waals surface area contributed by atoms with Crippen molar-refractivity contribution in [1.82, 2.24) is 0 Å². The summed E-state index contributed by atoms with van der Waals surface area (Å²) >= 11 is 0. The summed E-state index contributed by atoms with van der Waals surface area (Å²) in [4.78, 5) is 11.5. The molecule has 0 amide bonds. The molecule has 5 heteroatoms. The molecule has 0 bridgehead atoms. The number of methoxy groups -OCH3 is 1. The van der Waals surface area contributed by atoms with Gasteiger partial charge in [0.1, 0.15) is 5.75 Å². The predicted molar refractivity (Wildman–Crippen MR) is 57.1 cm³/mol. The second kappa shape index (κ2) is 5.03. The lowest BCUT2D eigenvalue weighted by Crippen LogP contribution is -2.11. The maximum Gasteiger partial charge on any atom is 0.412 e. The molecule has 0 fully saturated rings. The van der Waals surface area contributed by atoms with Crippen LogP contribution < -0.4 is 4.74 Å². The van der Waals surface area contributed by atoms with E-state index >= 15 is 0 Å². The van der Waals surface area contributed by atoms with Crippen LogP contribution in [0.4, 0.5) is 13.2 Å². The van der Waals surface area contributed by atoms with Gasteiger partial charge in [0.05, 0.1) is 7.11 Å². The monoisotopic (exact) mass is 244 g/mol. The first kappa shape index (κ1) is 13.3. The average Bonchev–Trinajstić information content (AvgIpc) is 2.27. The molecule has 0 N–H and O–H groups in total. The van der Waals surface area contributed by atoms with Crippen LogP contribution in [-0.2, 0) is 0 Å².